The quantitative estimate of drug-likeness (QED) is 0.443. The predicted molar refractivity (Wildman–Crippen MR) is 120 cm³/mol. The van der Waals surface area contributed by atoms with Gasteiger partial charge in [-0.05, 0) is 35.4 Å². The summed E-state index contributed by atoms with van der Waals surface area (Å²) in [6.45, 7) is 0. The van der Waals surface area contributed by atoms with E-state index in [1.54, 1.807) is 36.3 Å². The number of methoxy groups -OCH3 is 1. The minimum atomic E-state index is -0.215. The van der Waals surface area contributed by atoms with Crippen LogP contribution in [0.15, 0.2) is 73.3 Å². The molecule has 0 saturated carbocycles. The lowest BCUT2D eigenvalue weighted by atomic mass is 9.84. The van der Waals surface area contributed by atoms with Crippen LogP contribution < -0.4 is 9.47 Å². The van der Waals surface area contributed by atoms with Gasteiger partial charge in [0, 0.05) is 36.4 Å². The molecule has 0 amide bonds. The molecule has 8 nitrogen and oxygen atoms in total. The second-order valence-corrected chi connectivity index (χ2v) is 7.83. The van der Waals surface area contributed by atoms with Crippen LogP contribution in [0.4, 0.5) is 0 Å². The Balaban J connectivity index is 1.49. The number of benzene rings is 2. The molecule has 8 heteroatoms. The summed E-state index contributed by atoms with van der Waals surface area (Å²) in [5, 5.41) is 14.7. The fourth-order valence-corrected chi connectivity index (χ4v) is 4.24. The highest BCUT2D eigenvalue weighted by atomic mass is 16.5. The largest absolute Gasteiger partial charge is 0.508 e. The molecule has 0 spiro atoms. The normalized spacial score (nSPS) is 14.4. The molecule has 0 fully saturated rings. The zero-order valence-electron chi connectivity index (χ0n) is 17.7. The molecule has 0 aliphatic carbocycles. The van der Waals surface area contributed by atoms with Crippen molar-refractivity contribution in [3.8, 4) is 23.1 Å². The molecule has 3 aromatic heterocycles. The van der Waals surface area contributed by atoms with E-state index in [0.717, 1.165) is 28.0 Å². The molecule has 0 radical (unpaired) electrons. The summed E-state index contributed by atoms with van der Waals surface area (Å²) in [5.74, 6) is 2.40. The SMILES string of the molecule is COc1ccc(Cc2nc3c4c(ncn3n2)Oc2cc(O)ccc2C4c2cccnc2)cc1. The maximum atomic E-state index is 9.99. The van der Waals surface area contributed by atoms with Gasteiger partial charge in [-0.25, -0.2) is 14.5 Å². The predicted octanol–water partition coefficient (Wildman–Crippen LogP) is 4.11. The van der Waals surface area contributed by atoms with Crippen LogP contribution in [0.3, 0.4) is 0 Å². The van der Waals surface area contributed by atoms with Crippen molar-refractivity contribution in [3.05, 3.63) is 101 Å². The van der Waals surface area contributed by atoms with E-state index in [1.165, 1.54) is 0 Å². The van der Waals surface area contributed by atoms with Gasteiger partial charge in [0.1, 0.15) is 23.6 Å². The summed E-state index contributed by atoms with van der Waals surface area (Å²) >= 11 is 0. The summed E-state index contributed by atoms with van der Waals surface area (Å²) in [6, 6.07) is 16.9. The van der Waals surface area contributed by atoms with Gasteiger partial charge in [0.25, 0.3) is 0 Å². The number of ether oxygens (including phenoxy) is 2. The Bertz CT molecular complexity index is 1470. The van der Waals surface area contributed by atoms with Crippen LogP contribution in [0.1, 0.15) is 34.0 Å². The topological polar surface area (TPSA) is 94.7 Å². The second kappa shape index (κ2) is 7.59. The van der Waals surface area contributed by atoms with Crippen molar-refractivity contribution in [1.82, 2.24) is 24.6 Å². The Hall–Kier alpha value is -4.46. The van der Waals surface area contributed by atoms with Crippen molar-refractivity contribution in [3.63, 3.8) is 0 Å². The van der Waals surface area contributed by atoms with Crippen LogP contribution in [0.25, 0.3) is 5.65 Å². The van der Waals surface area contributed by atoms with E-state index in [4.69, 9.17) is 14.5 Å². The minimum absolute atomic E-state index is 0.132. The van der Waals surface area contributed by atoms with E-state index in [1.807, 2.05) is 48.7 Å². The van der Waals surface area contributed by atoms with E-state index >= 15 is 0 Å². The van der Waals surface area contributed by atoms with Crippen LogP contribution in [-0.2, 0) is 6.42 Å². The number of aromatic nitrogens is 5. The fourth-order valence-electron chi connectivity index (χ4n) is 4.24. The van der Waals surface area contributed by atoms with Crippen molar-refractivity contribution in [2.45, 2.75) is 12.3 Å². The van der Waals surface area contributed by atoms with Crippen LogP contribution >= 0.6 is 0 Å². The maximum Gasteiger partial charge on any atom is 0.228 e. The van der Waals surface area contributed by atoms with Gasteiger partial charge in [-0.3, -0.25) is 4.98 Å². The minimum Gasteiger partial charge on any atom is -0.508 e. The Kier molecular flexibility index (Phi) is 4.43. The average Bonchev–Trinajstić information content (AvgIpc) is 3.26. The summed E-state index contributed by atoms with van der Waals surface area (Å²) in [5.41, 5.74) is 4.45. The molecule has 2 aromatic carbocycles. The van der Waals surface area contributed by atoms with E-state index in [0.29, 0.717) is 29.5 Å². The third kappa shape index (κ3) is 3.32. The Labute approximate surface area is 189 Å². The first-order valence-corrected chi connectivity index (χ1v) is 10.5. The molecule has 33 heavy (non-hydrogen) atoms. The van der Waals surface area contributed by atoms with Gasteiger partial charge in [-0.2, -0.15) is 0 Å². The number of hydrogen-bond donors (Lipinski definition) is 1. The lowest BCUT2D eigenvalue weighted by Crippen LogP contribution is -2.15. The van der Waals surface area contributed by atoms with Crippen LogP contribution in [-0.4, -0.2) is 36.8 Å². The number of aromatic hydroxyl groups is 1. The Morgan fingerprint density at radius 2 is 2.00 bits per heavy atom. The van der Waals surface area contributed by atoms with Crippen LogP contribution in [0.2, 0.25) is 0 Å². The van der Waals surface area contributed by atoms with Crippen molar-refractivity contribution in [2.75, 3.05) is 7.11 Å². The molecule has 0 saturated heterocycles. The van der Waals surface area contributed by atoms with Gasteiger partial charge in [0.15, 0.2) is 11.5 Å². The first-order chi connectivity index (χ1) is 16.2. The fraction of sp³-hybridized carbons (Fsp3) is 0.120. The van der Waals surface area contributed by atoms with Gasteiger partial charge in [0.05, 0.1) is 12.7 Å². The zero-order chi connectivity index (χ0) is 22.4. The van der Waals surface area contributed by atoms with Crippen LogP contribution in [0, 0.1) is 0 Å². The molecule has 1 N–H and O–H groups in total. The van der Waals surface area contributed by atoms with E-state index in [2.05, 4.69) is 15.1 Å². The monoisotopic (exact) mass is 437 g/mol. The van der Waals surface area contributed by atoms with Crippen molar-refractivity contribution in [2.24, 2.45) is 0 Å². The van der Waals surface area contributed by atoms with E-state index in [9.17, 15) is 5.11 Å². The number of pyridine rings is 1. The molecule has 0 bridgehead atoms. The smallest absolute Gasteiger partial charge is 0.228 e. The van der Waals surface area contributed by atoms with E-state index in [-0.39, 0.29) is 11.7 Å². The van der Waals surface area contributed by atoms with Crippen molar-refractivity contribution in [1.29, 1.82) is 0 Å². The Morgan fingerprint density at radius 1 is 1.12 bits per heavy atom. The number of rotatable bonds is 4. The number of fused-ring (bicyclic) bond motifs is 4. The molecule has 1 aliphatic heterocycles. The molecule has 162 valence electrons. The number of phenolic OH excluding ortho intramolecular Hbond substituents is 1. The summed E-state index contributed by atoms with van der Waals surface area (Å²) in [7, 11) is 1.65. The number of hydrogen-bond acceptors (Lipinski definition) is 7. The number of nitrogens with zero attached hydrogens (tertiary/aromatic N) is 5. The van der Waals surface area contributed by atoms with Crippen molar-refractivity contribution >= 4 is 5.65 Å². The first-order valence-electron chi connectivity index (χ1n) is 10.5. The zero-order valence-corrected chi connectivity index (χ0v) is 17.7. The van der Waals surface area contributed by atoms with Gasteiger partial charge in [0.2, 0.25) is 5.88 Å². The molecule has 1 atom stereocenters. The van der Waals surface area contributed by atoms with Crippen LogP contribution in [0.5, 0.6) is 23.1 Å². The third-order valence-electron chi connectivity index (χ3n) is 5.77. The first kappa shape index (κ1) is 19.2. The second-order valence-electron chi connectivity index (χ2n) is 7.83. The molecular weight excluding hydrogens is 418 g/mol. The highest BCUT2D eigenvalue weighted by Crippen LogP contribution is 2.48. The van der Waals surface area contributed by atoms with Gasteiger partial charge in [-0.15, -0.1) is 5.10 Å². The van der Waals surface area contributed by atoms with Gasteiger partial charge >= 0.3 is 0 Å². The lowest BCUT2D eigenvalue weighted by molar-refractivity contribution is 0.414. The summed E-state index contributed by atoms with van der Waals surface area (Å²) in [6.07, 6.45) is 5.75. The maximum absolute atomic E-state index is 9.99. The molecule has 1 unspecified atom stereocenters. The van der Waals surface area contributed by atoms with Crippen molar-refractivity contribution < 1.29 is 14.6 Å². The standard InChI is InChI=1S/C25H19N5O3/c1-32-18-7-4-15(5-8-18)11-21-28-24-23-22(16-3-2-10-26-13-16)19-9-6-17(31)12-20(19)33-25(23)27-14-30(24)29-21/h2-10,12-14,22,31H,11H2,1H3. The molecule has 4 heterocycles. The molecule has 1 aliphatic rings. The molecule has 5 aromatic rings. The van der Waals surface area contributed by atoms with E-state index < -0.39 is 0 Å². The lowest BCUT2D eigenvalue weighted by Gasteiger charge is -2.27. The van der Waals surface area contributed by atoms with Gasteiger partial charge < -0.3 is 14.6 Å². The molecule has 6 rings (SSSR count). The average molecular weight is 437 g/mol. The summed E-state index contributed by atoms with van der Waals surface area (Å²) in [4.78, 5) is 13.7. The Morgan fingerprint density at radius 3 is 2.79 bits per heavy atom. The summed E-state index contributed by atoms with van der Waals surface area (Å²) < 4.78 is 13.0. The highest BCUT2D eigenvalue weighted by molar-refractivity contribution is 5.66. The highest BCUT2D eigenvalue weighted by Gasteiger charge is 2.33. The van der Waals surface area contributed by atoms with Gasteiger partial charge in [-0.1, -0.05) is 24.3 Å². The molecular formula is C25H19N5O3. The third-order valence-corrected chi connectivity index (χ3v) is 5.77. The number of phenols is 1.